The van der Waals surface area contributed by atoms with Crippen molar-refractivity contribution in [2.24, 2.45) is 0 Å². The van der Waals surface area contributed by atoms with Crippen LogP contribution in [-0.2, 0) is 9.47 Å². The van der Waals surface area contributed by atoms with Crippen LogP contribution in [0.15, 0.2) is 21.9 Å². The van der Waals surface area contributed by atoms with Crippen LogP contribution in [0.2, 0.25) is 0 Å². The number of ether oxygens (including phenoxy) is 2. The molecule has 1 fully saturated rings. The van der Waals surface area contributed by atoms with Crippen LogP contribution < -0.4 is 11.2 Å². The molecule has 7 heteroatoms. The first-order valence-corrected chi connectivity index (χ1v) is 4.40. The van der Waals surface area contributed by atoms with Gasteiger partial charge in [-0.1, -0.05) is 0 Å². The summed E-state index contributed by atoms with van der Waals surface area (Å²) in [4.78, 5) is 24.2. The van der Waals surface area contributed by atoms with Crippen LogP contribution in [0.4, 0.5) is 0 Å². The van der Waals surface area contributed by atoms with Gasteiger partial charge in [-0.15, -0.1) is 0 Å². The molecular weight excluding hydrogens is 204 g/mol. The maximum absolute atomic E-state index is 11.3. The third-order valence-corrected chi connectivity index (χ3v) is 2.04. The Kier molecular flexibility index (Phi) is 2.67. The van der Waals surface area contributed by atoms with Gasteiger partial charge in [0.2, 0.25) is 0 Å². The van der Waals surface area contributed by atoms with E-state index in [-0.39, 0.29) is 13.2 Å². The van der Waals surface area contributed by atoms with E-state index in [1.54, 1.807) is 0 Å². The van der Waals surface area contributed by atoms with Crippen molar-refractivity contribution in [3.8, 4) is 0 Å². The van der Waals surface area contributed by atoms with Crippen LogP contribution in [0, 0.1) is 0 Å². The maximum atomic E-state index is 11.3. The van der Waals surface area contributed by atoms with Gasteiger partial charge in [-0.25, -0.2) is 4.79 Å². The molecule has 1 aromatic rings. The lowest BCUT2D eigenvalue weighted by atomic mass is 10.5. The van der Waals surface area contributed by atoms with E-state index in [1.165, 1.54) is 16.8 Å². The van der Waals surface area contributed by atoms with Crippen molar-refractivity contribution in [2.75, 3.05) is 13.2 Å². The molecule has 0 radical (unpaired) electrons. The SMILES string of the molecule is O=c1ccn([C@H]2CO[C@H](CO)O2)c(=O)[nH]1. The number of aromatic amines is 1. The molecule has 1 saturated heterocycles. The second-order valence-corrected chi connectivity index (χ2v) is 3.05. The van der Waals surface area contributed by atoms with E-state index in [9.17, 15) is 9.59 Å². The predicted molar refractivity (Wildman–Crippen MR) is 48.3 cm³/mol. The summed E-state index contributed by atoms with van der Waals surface area (Å²) in [7, 11) is 0. The molecule has 0 spiro atoms. The predicted octanol–water partition coefficient (Wildman–Crippen LogP) is -1.60. The maximum Gasteiger partial charge on any atom is 0.330 e. The Labute approximate surface area is 83.9 Å². The zero-order valence-electron chi connectivity index (χ0n) is 7.75. The van der Waals surface area contributed by atoms with Gasteiger partial charge in [-0.3, -0.25) is 14.3 Å². The molecule has 2 heterocycles. The Morgan fingerprint density at radius 1 is 1.60 bits per heavy atom. The number of H-pyrrole nitrogens is 1. The summed E-state index contributed by atoms with van der Waals surface area (Å²) in [5.41, 5.74) is -1.02. The molecule has 0 saturated carbocycles. The lowest BCUT2D eigenvalue weighted by Crippen LogP contribution is -2.32. The van der Waals surface area contributed by atoms with Gasteiger partial charge in [0.1, 0.15) is 0 Å². The first-order valence-electron chi connectivity index (χ1n) is 4.40. The van der Waals surface area contributed by atoms with Gasteiger partial charge in [-0.05, 0) is 0 Å². The molecule has 0 amide bonds. The van der Waals surface area contributed by atoms with Gasteiger partial charge < -0.3 is 14.6 Å². The molecule has 0 bridgehead atoms. The molecule has 1 aromatic heterocycles. The van der Waals surface area contributed by atoms with Crippen molar-refractivity contribution in [2.45, 2.75) is 12.5 Å². The van der Waals surface area contributed by atoms with Gasteiger partial charge >= 0.3 is 5.69 Å². The largest absolute Gasteiger partial charge is 0.391 e. The summed E-state index contributed by atoms with van der Waals surface area (Å²) >= 11 is 0. The van der Waals surface area contributed by atoms with Crippen LogP contribution in [0.3, 0.4) is 0 Å². The van der Waals surface area contributed by atoms with Crippen LogP contribution in [0.25, 0.3) is 0 Å². The average Bonchev–Trinajstić information content (AvgIpc) is 2.66. The number of hydrogen-bond acceptors (Lipinski definition) is 5. The highest BCUT2D eigenvalue weighted by Gasteiger charge is 2.27. The Bertz CT molecular complexity index is 451. The molecule has 2 atom stereocenters. The van der Waals surface area contributed by atoms with E-state index in [0.717, 1.165) is 0 Å². The minimum absolute atomic E-state index is 0.164. The van der Waals surface area contributed by atoms with Crippen molar-refractivity contribution in [1.29, 1.82) is 0 Å². The summed E-state index contributed by atoms with van der Waals surface area (Å²) in [5, 5.41) is 8.75. The third-order valence-electron chi connectivity index (χ3n) is 2.04. The van der Waals surface area contributed by atoms with Crippen LogP contribution in [-0.4, -0.2) is 34.2 Å². The van der Waals surface area contributed by atoms with Crippen LogP contribution in [0.5, 0.6) is 0 Å². The lowest BCUT2D eigenvalue weighted by molar-refractivity contribution is -0.0992. The molecular formula is C8H10N2O5. The van der Waals surface area contributed by atoms with Crippen molar-refractivity contribution < 1.29 is 14.6 Å². The van der Waals surface area contributed by atoms with Gasteiger partial charge in [0.05, 0.1) is 13.2 Å². The minimum atomic E-state index is -0.714. The van der Waals surface area contributed by atoms with Gasteiger partial charge in [0, 0.05) is 12.3 Å². The van der Waals surface area contributed by atoms with E-state index >= 15 is 0 Å². The summed E-state index contributed by atoms with van der Waals surface area (Å²) in [6.45, 7) is -0.105. The van der Waals surface area contributed by atoms with Gasteiger partial charge in [0.15, 0.2) is 12.5 Å². The zero-order valence-corrected chi connectivity index (χ0v) is 7.75. The lowest BCUT2D eigenvalue weighted by Gasteiger charge is -2.11. The number of nitrogens with zero attached hydrogens (tertiary/aromatic N) is 1. The third kappa shape index (κ3) is 1.99. The minimum Gasteiger partial charge on any atom is -0.391 e. The molecule has 15 heavy (non-hydrogen) atoms. The smallest absolute Gasteiger partial charge is 0.330 e. The monoisotopic (exact) mass is 214 g/mol. The Morgan fingerprint density at radius 3 is 3.00 bits per heavy atom. The van der Waals surface area contributed by atoms with Crippen LogP contribution >= 0.6 is 0 Å². The van der Waals surface area contributed by atoms with E-state index in [4.69, 9.17) is 14.6 Å². The Morgan fingerprint density at radius 2 is 2.40 bits per heavy atom. The fourth-order valence-electron chi connectivity index (χ4n) is 1.34. The molecule has 2 rings (SSSR count). The Hall–Kier alpha value is -1.44. The fraction of sp³-hybridized carbons (Fsp3) is 0.500. The van der Waals surface area contributed by atoms with E-state index in [2.05, 4.69) is 4.98 Å². The molecule has 82 valence electrons. The second-order valence-electron chi connectivity index (χ2n) is 3.05. The first-order chi connectivity index (χ1) is 7.20. The van der Waals surface area contributed by atoms with Gasteiger partial charge in [0.25, 0.3) is 5.56 Å². The molecule has 7 nitrogen and oxygen atoms in total. The summed E-state index contributed by atoms with van der Waals surface area (Å²) in [6.07, 6.45) is 0.00918. The number of rotatable bonds is 2. The van der Waals surface area contributed by atoms with E-state index < -0.39 is 23.8 Å². The zero-order chi connectivity index (χ0) is 10.8. The van der Waals surface area contributed by atoms with Crippen LogP contribution in [0.1, 0.15) is 6.23 Å². The highest BCUT2D eigenvalue weighted by molar-refractivity contribution is 4.84. The normalized spacial score (nSPS) is 25.7. The Balaban J connectivity index is 2.24. The topological polar surface area (TPSA) is 93.5 Å². The fourth-order valence-corrected chi connectivity index (χ4v) is 1.34. The molecule has 0 aliphatic carbocycles. The number of hydrogen-bond donors (Lipinski definition) is 2. The summed E-state index contributed by atoms with van der Waals surface area (Å²) in [5.74, 6) is 0. The summed E-state index contributed by atoms with van der Waals surface area (Å²) < 4.78 is 11.4. The molecule has 1 aliphatic heterocycles. The first kappa shape index (κ1) is 10.1. The number of nitrogens with one attached hydrogen (secondary N) is 1. The van der Waals surface area contributed by atoms with E-state index in [0.29, 0.717) is 0 Å². The average molecular weight is 214 g/mol. The van der Waals surface area contributed by atoms with Gasteiger partial charge in [-0.2, -0.15) is 0 Å². The van der Waals surface area contributed by atoms with E-state index in [1.807, 2.05) is 0 Å². The highest BCUT2D eigenvalue weighted by Crippen LogP contribution is 2.18. The number of aliphatic hydroxyl groups is 1. The molecule has 0 aromatic carbocycles. The molecule has 0 unspecified atom stereocenters. The highest BCUT2D eigenvalue weighted by atomic mass is 16.7. The van der Waals surface area contributed by atoms with Crippen molar-refractivity contribution in [3.05, 3.63) is 33.1 Å². The quantitative estimate of drug-likeness (QED) is 0.618. The van der Waals surface area contributed by atoms with Crippen molar-refractivity contribution in [3.63, 3.8) is 0 Å². The second kappa shape index (κ2) is 3.97. The number of aromatic nitrogens is 2. The summed E-state index contributed by atoms with van der Waals surface area (Å²) in [6, 6.07) is 1.22. The molecule has 2 N–H and O–H groups in total. The van der Waals surface area contributed by atoms with Crippen molar-refractivity contribution >= 4 is 0 Å². The number of aliphatic hydroxyl groups excluding tert-OH is 1. The molecule has 1 aliphatic rings. The van der Waals surface area contributed by atoms with Crippen molar-refractivity contribution in [1.82, 2.24) is 9.55 Å². The standard InChI is InChI=1S/C8H10N2O5/c11-3-7-14-4-6(15-7)10-2-1-5(12)9-8(10)13/h1-2,6-7,11H,3-4H2,(H,9,12,13)/t6-,7+/m1/s1.